The van der Waals surface area contributed by atoms with Crippen LogP contribution >= 0.6 is 11.6 Å². The zero-order valence-electron chi connectivity index (χ0n) is 10.4. The topological polar surface area (TPSA) is 50.5 Å². The first kappa shape index (κ1) is 15.7. The van der Waals surface area contributed by atoms with Gasteiger partial charge in [-0.15, -0.1) is 11.6 Å². The summed E-state index contributed by atoms with van der Waals surface area (Å²) >= 11 is 5.52. The summed E-state index contributed by atoms with van der Waals surface area (Å²) in [5, 5.41) is -0.279. The molecule has 1 saturated heterocycles. The minimum atomic E-state index is -4.27. The first-order valence-corrected chi connectivity index (χ1v) is 7.94. The number of hydrogen-bond acceptors (Lipinski definition) is 3. The number of sulfonamides is 1. The monoisotopic (exact) mass is 331 g/mol. The van der Waals surface area contributed by atoms with E-state index in [9.17, 15) is 21.6 Å². The number of hydrogen-bond donors (Lipinski definition) is 0. The van der Waals surface area contributed by atoms with E-state index in [1.165, 1.54) is 12.1 Å². The molecule has 0 amide bonds. The number of alkyl halides is 4. The molecule has 1 fully saturated rings. The van der Waals surface area contributed by atoms with Gasteiger partial charge in [0.25, 0.3) is 10.0 Å². The molecule has 4 nitrogen and oxygen atoms in total. The lowest BCUT2D eigenvalue weighted by molar-refractivity contribution is -0.182. The molecule has 1 aromatic rings. The third-order valence-electron chi connectivity index (χ3n) is 3.28. The highest BCUT2D eigenvalue weighted by Crippen LogP contribution is 2.35. The smallest absolute Gasteiger partial charge is 0.391 e. The average Bonchev–Trinajstić information content (AvgIpc) is 2.87. The molecule has 0 atom stereocenters. The number of nitrogens with zero attached hydrogens (tertiary/aromatic N) is 1. The van der Waals surface area contributed by atoms with Gasteiger partial charge in [0, 0.05) is 13.1 Å². The van der Waals surface area contributed by atoms with Crippen LogP contribution in [0.4, 0.5) is 13.2 Å². The second-order valence-corrected chi connectivity index (χ2v) is 6.71. The third kappa shape index (κ3) is 3.12. The van der Waals surface area contributed by atoms with Crippen LogP contribution in [0.25, 0.3) is 0 Å². The second-order valence-electron chi connectivity index (χ2n) is 4.57. The molecule has 0 N–H and O–H groups in total. The fourth-order valence-electron chi connectivity index (χ4n) is 2.12. The largest absolute Gasteiger partial charge is 0.447 e. The number of furan rings is 1. The molecular weight excluding hydrogens is 319 g/mol. The maximum absolute atomic E-state index is 12.5. The molecule has 20 heavy (non-hydrogen) atoms. The molecule has 1 aromatic heterocycles. The zero-order chi connectivity index (χ0) is 15.0. The van der Waals surface area contributed by atoms with Crippen molar-refractivity contribution in [2.24, 2.45) is 5.92 Å². The van der Waals surface area contributed by atoms with Crippen LogP contribution in [0.15, 0.2) is 21.6 Å². The van der Waals surface area contributed by atoms with Crippen molar-refractivity contribution < 1.29 is 26.0 Å². The van der Waals surface area contributed by atoms with E-state index in [1.54, 1.807) is 0 Å². The van der Waals surface area contributed by atoms with E-state index in [2.05, 4.69) is 0 Å². The summed E-state index contributed by atoms with van der Waals surface area (Å²) in [4.78, 5) is 0. The van der Waals surface area contributed by atoms with Gasteiger partial charge in [-0.05, 0) is 25.0 Å². The molecule has 9 heteroatoms. The predicted octanol–water partition coefficient (Wildman–Crippen LogP) is 2.98. The predicted molar refractivity (Wildman–Crippen MR) is 65.8 cm³/mol. The van der Waals surface area contributed by atoms with Gasteiger partial charge < -0.3 is 4.42 Å². The van der Waals surface area contributed by atoms with Crippen molar-refractivity contribution in [1.29, 1.82) is 0 Å². The normalized spacial score (nSPS) is 19.4. The Morgan fingerprint density at radius 3 is 2.35 bits per heavy atom. The summed E-state index contributed by atoms with van der Waals surface area (Å²) in [7, 11) is -3.88. The van der Waals surface area contributed by atoms with E-state index < -0.39 is 22.1 Å². The summed E-state index contributed by atoms with van der Waals surface area (Å²) in [5.74, 6) is -1.11. The van der Waals surface area contributed by atoms with Crippen molar-refractivity contribution in [2.45, 2.75) is 30.0 Å². The van der Waals surface area contributed by atoms with Gasteiger partial charge in [-0.25, -0.2) is 8.42 Å². The number of halogens is 4. The summed E-state index contributed by atoms with van der Waals surface area (Å²) in [6, 6.07) is 2.70. The highest BCUT2D eigenvalue weighted by molar-refractivity contribution is 7.89. The molecule has 0 unspecified atom stereocenters. The highest BCUT2D eigenvalue weighted by atomic mass is 35.5. The van der Waals surface area contributed by atoms with E-state index in [0.717, 1.165) is 4.31 Å². The van der Waals surface area contributed by atoms with E-state index in [-0.39, 0.29) is 36.9 Å². The van der Waals surface area contributed by atoms with Gasteiger partial charge in [-0.1, -0.05) is 0 Å². The van der Waals surface area contributed by atoms with Crippen molar-refractivity contribution >= 4 is 21.6 Å². The molecule has 0 aliphatic carbocycles. The van der Waals surface area contributed by atoms with Crippen LogP contribution < -0.4 is 0 Å². The van der Waals surface area contributed by atoms with Crippen LogP contribution in [0, 0.1) is 5.92 Å². The van der Waals surface area contributed by atoms with Crippen molar-refractivity contribution in [3.8, 4) is 0 Å². The summed E-state index contributed by atoms with van der Waals surface area (Å²) < 4.78 is 68.1. The van der Waals surface area contributed by atoms with Crippen molar-refractivity contribution in [2.75, 3.05) is 13.1 Å². The second kappa shape index (κ2) is 5.57. The Balaban J connectivity index is 2.09. The Kier molecular flexibility index (Phi) is 4.36. The van der Waals surface area contributed by atoms with Crippen LogP contribution in [-0.2, 0) is 15.9 Å². The molecule has 0 aromatic carbocycles. The molecule has 1 aliphatic heterocycles. The van der Waals surface area contributed by atoms with Crippen molar-refractivity contribution in [1.82, 2.24) is 4.31 Å². The van der Waals surface area contributed by atoms with Gasteiger partial charge in [0.15, 0.2) is 0 Å². The van der Waals surface area contributed by atoms with E-state index in [1.807, 2.05) is 0 Å². The maximum Gasteiger partial charge on any atom is 0.391 e. The Morgan fingerprint density at radius 2 is 1.90 bits per heavy atom. The molecule has 0 radical (unpaired) electrons. The lowest BCUT2D eigenvalue weighted by Gasteiger charge is -2.31. The minimum absolute atomic E-state index is 0.0334. The standard InChI is InChI=1S/C11H13ClF3NO3S/c12-7-9-1-2-10(19-9)20(17,18)16-5-3-8(4-6-16)11(13,14)15/h1-2,8H,3-7H2. The van der Waals surface area contributed by atoms with Crippen LogP contribution in [0.5, 0.6) is 0 Å². The first-order valence-electron chi connectivity index (χ1n) is 5.96. The van der Waals surface area contributed by atoms with Crippen LogP contribution in [0.2, 0.25) is 0 Å². The van der Waals surface area contributed by atoms with E-state index in [4.69, 9.17) is 16.0 Å². The molecule has 114 valence electrons. The average molecular weight is 332 g/mol. The van der Waals surface area contributed by atoms with Gasteiger partial charge in [0.1, 0.15) is 5.76 Å². The van der Waals surface area contributed by atoms with Crippen molar-refractivity contribution in [3.05, 3.63) is 17.9 Å². The third-order valence-corrected chi connectivity index (χ3v) is 5.32. The Hall–Kier alpha value is -0.730. The number of piperidine rings is 1. The Labute approximate surface area is 119 Å². The van der Waals surface area contributed by atoms with E-state index >= 15 is 0 Å². The van der Waals surface area contributed by atoms with Crippen LogP contribution in [0.1, 0.15) is 18.6 Å². The highest BCUT2D eigenvalue weighted by Gasteiger charge is 2.43. The first-order chi connectivity index (χ1) is 9.25. The molecule has 0 saturated carbocycles. The molecule has 0 bridgehead atoms. The van der Waals surface area contributed by atoms with Crippen LogP contribution in [0.3, 0.4) is 0 Å². The maximum atomic E-state index is 12.5. The van der Waals surface area contributed by atoms with Crippen LogP contribution in [-0.4, -0.2) is 32.0 Å². The lowest BCUT2D eigenvalue weighted by Crippen LogP contribution is -2.41. The van der Waals surface area contributed by atoms with Gasteiger partial charge in [0.05, 0.1) is 11.8 Å². The van der Waals surface area contributed by atoms with E-state index in [0.29, 0.717) is 5.76 Å². The Morgan fingerprint density at radius 1 is 1.30 bits per heavy atom. The Bertz CT molecular complexity index is 562. The molecule has 1 aliphatic rings. The van der Waals surface area contributed by atoms with Gasteiger partial charge in [-0.2, -0.15) is 17.5 Å². The quantitative estimate of drug-likeness (QED) is 0.800. The van der Waals surface area contributed by atoms with Gasteiger partial charge in [0.2, 0.25) is 5.09 Å². The molecule has 2 heterocycles. The van der Waals surface area contributed by atoms with Crippen molar-refractivity contribution in [3.63, 3.8) is 0 Å². The summed E-state index contributed by atoms with van der Waals surface area (Å²) in [6.07, 6.45) is -4.73. The summed E-state index contributed by atoms with van der Waals surface area (Å²) in [5.41, 5.74) is 0. The molecule has 2 rings (SSSR count). The summed E-state index contributed by atoms with van der Waals surface area (Å²) in [6.45, 7) is -0.327. The molecular formula is C11H13ClF3NO3S. The number of rotatable bonds is 3. The molecule has 0 spiro atoms. The minimum Gasteiger partial charge on any atom is -0.447 e. The fraction of sp³-hybridized carbons (Fsp3) is 0.636. The van der Waals surface area contributed by atoms with Gasteiger partial charge in [-0.3, -0.25) is 0 Å². The lowest BCUT2D eigenvalue weighted by atomic mass is 9.98. The SMILES string of the molecule is O=S(=O)(c1ccc(CCl)o1)N1CCC(C(F)(F)F)CC1. The zero-order valence-corrected chi connectivity index (χ0v) is 11.9. The fourth-order valence-corrected chi connectivity index (χ4v) is 3.66. The van der Waals surface area contributed by atoms with Gasteiger partial charge >= 0.3 is 6.18 Å².